The maximum Gasteiger partial charge on any atom is 0.433 e. The van der Waals surface area contributed by atoms with Gasteiger partial charge in [-0.1, -0.05) is 11.1 Å². The molecule has 3 aromatic carbocycles. The smallest absolute Gasteiger partial charge is 0.412 e. The van der Waals surface area contributed by atoms with Crippen molar-refractivity contribution in [2.24, 2.45) is 20.5 Å². The van der Waals surface area contributed by atoms with E-state index in [1.165, 1.54) is 24.3 Å². The van der Waals surface area contributed by atoms with E-state index in [2.05, 4.69) is 44.3 Å². The zero-order valence-corrected chi connectivity index (χ0v) is 24.6. The largest absolute Gasteiger partial charge is 0.433 e. The van der Waals surface area contributed by atoms with Gasteiger partial charge in [-0.3, -0.25) is 14.0 Å². The van der Waals surface area contributed by atoms with E-state index >= 15 is 0 Å². The molecule has 22 heteroatoms. The van der Waals surface area contributed by atoms with Gasteiger partial charge in [-0.25, -0.2) is 5.26 Å². The van der Waals surface area contributed by atoms with Crippen molar-refractivity contribution in [2.75, 3.05) is 11.5 Å². The third kappa shape index (κ3) is 11.1. The number of hydrogen-bond acceptors (Lipinski definition) is 17. The quantitative estimate of drug-likeness (QED) is 0.0271. The van der Waals surface area contributed by atoms with Crippen LogP contribution in [0.5, 0.6) is 0 Å². The lowest BCUT2D eigenvalue weighted by atomic mass is 10.2. The Labute approximate surface area is 252 Å². The van der Waals surface area contributed by atoms with E-state index in [0.717, 1.165) is 11.6 Å². The summed E-state index contributed by atoms with van der Waals surface area (Å²) in [4.78, 5) is 3.95. The molecule has 0 aliphatic carbocycles. The van der Waals surface area contributed by atoms with Crippen LogP contribution < -0.4 is 11.5 Å². The molecule has 0 heterocycles. The van der Waals surface area contributed by atoms with E-state index in [4.69, 9.17) is 21.3 Å². The lowest BCUT2D eigenvalue weighted by Crippen LogP contribution is -2.01. The van der Waals surface area contributed by atoms with Crippen LogP contribution in [0.25, 0.3) is 0 Å². The first-order valence-corrected chi connectivity index (χ1v) is 15.0. The van der Waals surface area contributed by atoms with Crippen molar-refractivity contribution >= 4 is 78.4 Å². The SMILES string of the molecule is Cc1ccc(N=Nc2cc(N=Nc3ccc(SC#COOS(=O)(=O)O)cc3S(=O)(=O)O)c(N)cc2N)c(SOOO)c1.O. The number of nitrogen functional groups attached to an aromatic ring is 2. The first-order chi connectivity index (χ1) is 19.8. The Hall–Kier alpha value is -3.86. The lowest BCUT2D eigenvalue weighted by Gasteiger charge is -2.07. The number of azo groups is 2. The van der Waals surface area contributed by atoms with Crippen molar-refractivity contribution < 1.29 is 55.3 Å². The maximum atomic E-state index is 12.0. The number of benzene rings is 3. The van der Waals surface area contributed by atoms with Gasteiger partial charge in [-0.15, -0.1) is 24.8 Å². The highest BCUT2D eigenvalue weighted by Crippen LogP contribution is 2.38. The number of nitrogens with zero attached hydrogens (tertiary/aromatic N) is 4. The molecule has 0 radical (unpaired) electrons. The van der Waals surface area contributed by atoms with Crippen molar-refractivity contribution in [3.05, 3.63) is 54.1 Å². The molecule has 0 amide bonds. The maximum absolute atomic E-state index is 12.0. The van der Waals surface area contributed by atoms with Gasteiger partial charge in [0.05, 0.1) is 28.3 Å². The summed E-state index contributed by atoms with van der Waals surface area (Å²) in [5, 5.41) is 30.4. The van der Waals surface area contributed by atoms with Gasteiger partial charge in [0, 0.05) is 10.1 Å². The van der Waals surface area contributed by atoms with Crippen molar-refractivity contribution in [1.82, 2.24) is 0 Å². The molecule has 3 aromatic rings. The fourth-order valence-electron chi connectivity index (χ4n) is 2.83. The first-order valence-electron chi connectivity index (χ1n) is 10.7. The van der Waals surface area contributed by atoms with E-state index in [9.17, 15) is 21.4 Å². The van der Waals surface area contributed by atoms with Crippen LogP contribution in [0.2, 0.25) is 0 Å². The summed E-state index contributed by atoms with van der Waals surface area (Å²) in [6.45, 7) is 1.83. The van der Waals surface area contributed by atoms with Gasteiger partial charge < -0.3 is 16.9 Å². The molecular weight excluding hydrogens is 657 g/mol. The Bertz CT molecular complexity index is 1810. The molecule has 0 bridgehead atoms. The minimum absolute atomic E-state index is 0. The molecule has 230 valence electrons. The molecule has 0 atom stereocenters. The Balaban J connectivity index is 0.00000645. The molecular formula is C21H20N6O12S4. The minimum Gasteiger partial charge on any atom is -0.412 e. The van der Waals surface area contributed by atoms with Gasteiger partial charge in [0.15, 0.2) is 6.11 Å². The van der Waals surface area contributed by atoms with E-state index in [1.807, 2.05) is 6.92 Å². The van der Waals surface area contributed by atoms with Gasteiger partial charge in [0.2, 0.25) is 0 Å². The molecule has 3 rings (SSSR count). The van der Waals surface area contributed by atoms with E-state index in [-0.39, 0.29) is 38.8 Å². The predicted octanol–water partition coefficient (Wildman–Crippen LogP) is 4.60. The van der Waals surface area contributed by atoms with E-state index in [0.29, 0.717) is 34.4 Å². The molecule has 0 spiro atoms. The normalized spacial score (nSPS) is 11.7. The lowest BCUT2D eigenvalue weighted by molar-refractivity contribution is -0.432. The molecule has 9 N–H and O–H groups in total. The molecule has 43 heavy (non-hydrogen) atoms. The number of aryl methyl sites for hydroxylation is 1. The highest BCUT2D eigenvalue weighted by Gasteiger charge is 2.17. The molecule has 0 unspecified atom stereocenters. The summed E-state index contributed by atoms with van der Waals surface area (Å²) in [6, 6.07) is 11.4. The van der Waals surface area contributed by atoms with Gasteiger partial charge in [0.1, 0.15) is 27.6 Å². The summed E-state index contributed by atoms with van der Waals surface area (Å²) in [5.41, 5.74) is 13.3. The summed E-state index contributed by atoms with van der Waals surface area (Å²) < 4.78 is 70.8. The van der Waals surface area contributed by atoms with Gasteiger partial charge in [-0.05, 0) is 71.0 Å². The predicted molar refractivity (Wildman–Crippen MR) is 153 cm³/mol. The highest BCUT2D eigenvalue weighted by atomic mass is 32.3. The molecule has 0 aromatic heterocycles. The molecule has 0 saturated carbocycles. The summed E-state index contributed by atoms with van der Waals surface area (Å²) >= 11 is 1.36. The van der Waals surface area contributed by atoms with Crippen LogP contribution in [0, 0.1) is 18.3 Å². The zero-order valence-electron chi connectivity index (χ0n) is 21.3. The first kappa shape index (κ1) is 35.3. The second kappa shape index (κ2) is 15.6. The minimum atomic E-state index is -4.87. The standard InChI is InChI=1S/C21H18N6O11S4.H2O/c1-12-2-4-16(20(8-12)40-37-36-28)24-26-18-11-19(15(23)10-14(18)22)27-25-17-5-3-13(9-21(17)41(29,30)31)39-7-6-35-38-42(32,33)34;/h2-5,8-11,28H,22-23H2,1H3,(H,29,30,31)(H,32,33,34);1H2. The molecule has 0 aliphatic heterocycles. The van der Waals surface area contributed by atoms with Crippen LogP contribution in [-0.4, -0.2) is 36.7 Å². The third-order valence-corrected chi connectivity index (χ3v) is 6.99. The summed E-state index contributed by atoms with van der Waals surface area (Å²) in [6.07, 6.45) is 1.80. The highest BCUT2D eigenvalue weighted by molar-refractivity contribution is 8.04. The average Bonchev–Trinajstić information content (AvgIpc) is 2.90. The molecule has 0 aliphatic rings. The average molecular weight is 677 g/mol. The van der Waals surface area contributed by atoms with Crippen LogP contribution in [-0.2, 0) is 39.1 Å². The van der Waals surface area contributed by atoms with Crippen LogP contribution in [0.3, 0.4) is 0 Å². The number of hydrogen-bond donors (Lipinski definition) is 5. The van der Waals surface area contributed by atoms with Gasteiger partial charge in [0.25, 0.3) is 10.1 Å². The molecule has 18 nitrogen and oxygen atoms in total. The topological polar surface area (TPSA) is 299 Å². The van der Waals surface area contributed by atoms with Crippen LogP contribution in [0.4, 0.5) is 34.1 Å². The number of thioether (sulfide) groups is 1. The van der Waals surface area contributed by atoms with Gasteiger partial charge in [-0.2, -0.15) is 16.8 Å². The fourth-order valence-corrected chi connectivity index (χ4v) is 4.71. The number of nitrogens with two attached hydrogens (primary N) is 2. The van der Waals surface area contributed by atoms with E-state index in [1.54, 1.807) is 24.3 Å². The summed E-state index contributed by atoms with van der Waals surface area (Å²) in [5.74, 6) is 0. The Morgan fingerprint density at radius 3 is 2.05 bits per heavy atom. The van der Waals surface area contributed by atoms with E-state index < -0.39 is 25.4 Å². The van der Waals surface area contributed by atoms with Crippen LogP contribution in [0.1, 0.15) is 5.56 Å². The second-order valence-electron chi connectivity index (χ2n) is 7.56. The zero-order chi connectivity index (χ0) is 30.9. The summed E-state index contributed by atoms with van der Waals surface area (Å²) in [7, 11) is -9.67. The molecule has 0 saturated heterocycles. The third-order valence-electron chi connectivity index (χ3n) is 4.56. The Kier molecular flexibility index (Phi) is 12.8. The number of anilines is 2. The van der Waals surface area contributed by atoms with Gasteiger partial charge >= 0.3 is 10.4 Å². The fraction of sp³-hybridized carbons (Fsp3) is 0.0476. The van der Waals surface area contributed by atoms with Crippen molar-refractivity contribution in [3.8, 4) is 11.4 Å². The van der Waals surface area contributed by atoms with Crippen molar-refractivity contribution in [1.29, 1.82) is 0 Å². The van der Waals surface area contributed by atoms with Crippen molar-refractivity contribution in [3.63, 3.8) is 0 Å². The second-order valence-corrected chi connectivity index (χ2v) is 11.6. The van der Waals surface area contributed by atoms with Crippen LogP contribution >= 0.6 is 23.8 Å². The monoisotopic (exact) mass is 676 g/mol. The van der Waals surface area contributed by atoms with Crippen molar-refractivity contribution in [2.45, 2.75) is 21.6 Å². The Morgan fingerprint density at radius 1 is 0.837 bits per heavy atom. The number of rotatable bonds is 11. The Morgan fingerprint density at radius 2 is 1.44 bits per heavy atom. The molecule has 0 fully saturated rings. The van der Waals surface area contributed by atoms with Crippen LogP contribution in [0.15, 0.2) is 83.7 Å².